The smallest absolute Gasteiger partial charge is 0.337 e. The average molecular weight is 339 g/mol. The number of methoxy groups -OCH3 is 2. The Kier molecular flexibility index (Phi) is 4.52. The summed E-state index contributed by atoms with van der Waals surface area (Å²) in [6.07, 6.45) is 0.412. The van der Waals surface area contributed by atoms with Crippen LogP contribution in [0.5, 0.6) is 0 Å². The zero-order chi connectivity index (χ0) is 18.0. The summed E-state index contributed by atoms with van der Waals surface area (Å²) in [5.74, 6) is -1.26. The minimum absolute atomic E-state index is 0.322. The summed E-state index contributed by atoms with van der Waals surface area (Å²) in [5.41, 5.74) is 2.33. The van der Waals surface area contributed by atoms with Crippen LogP contribution in [0.3, 0.4) is 0 Å². The fourth-order valence-electron chi connectivity index (χ4n) is 2.97. The molecule has 1 aliphatic rings. The molecule has 1 atom stereocenters. The molecule has 1 aliphatic heterocycles. The minimum Gasteiger partial charge on any atom is -0.467 e. The Bertz CT molecular complexity index is 828. The Hall–Kier alpha value is -3.15. The molecule has 0 fully saturated rings. The standard InChI is InChI=1S/C19H17NO5/c1-24-18(22)13-9-7-12(8-10-13)17(21)20-15-6-4-3-5-14(15)11-16(20)19(23)25-2/h3-10,16H,11H2,1-2H3/t16-/m1/s1. The molecular formula is C19H17NO5. The summed E-state index contributed by atoms with van der Waals surface area (Å²) in [4.78, 5) is 38.1. The minimum atomic E-state index is -0.699. The van der Waals surface area contributed by atoms with E-state index < -0.39 is 18.0 Å². The van der Waals surface area contributed by atoms with E-state index in [-0.39, 0.29) is 5.91 Å². The Morgan fingerprint density at radius 2 is 1.56 bits per heavy atom. The SMILES string of the molecule is COC(=O)c1ccc(C(=O)N2c3ccccc3C[C@@H]2C(=O)OC)cc1. The molecule has 3 rings (SSSR count). The van der Waals surface area contributed by atoms with Crippen molar-refractivity contribution in [3.8, 4) is 0 Å². The lowest BCUT2D eigenvalue weighted by atomic mass is 10.1. The van der Waals surface area contributed by atoms with E-state index in [1.807, 2.05) is 18.2 Å². The van der Waals surface area contributed by atoms with Gasteiger partial charge in [-0.1, -0.05) is 18.2 Å². The third-order valence-corrected chi connectivity index (χ3v) is 4.22. The molecule has 0 radical (unpaired) electrons. The van der Waals surface area contributed by atoms with E-state index in [2.05, 4.69) is 4.74 Å². The molecule has 0 saturated carbocycles. The lowest BCUT2D eigenvalue weighted by Crippen LogP contribution is -2.43. The van der Waals surface area contributed by atoms with Crippen molar-refractivity contribution in [3.05, 3.63) is 65.2 Å². The number of hydrogen-bond acceptors (Lipinski definition) is 5. The number of rotatable bonds is 3. The van der Waals surface area contributed by atoms with E-state index in [0.29, 0.717) is 23.2 Å². The summed E-state index contributed by atoms with van der Waals surface area (Å²) in [7, 11) is 2.60. The summed E-state index contributed by atoms with van der Waals surface area (Å²) in [5, 5.41) is 0. The predicted molar refractivity (Wildman–Crippen MR) is 90.5 cm³/mol. The molecule has 0 aromatic heterocycles. The molecule has 2 aromatic carbocycles. The van der Waals surface area contributed by atoms with Crippen LogP contribution in [0.15, 0.2) is 48.5 Å². The second-order valence-electron chi connectivity index (χ2n) is 5.62. The molecule has 6 heteroatoms. The van der Waals surface area contributed by atoms with E-state index >= 15 is 0 Å². The van der Waals surface area contributed by atoms with Crippen molar-refractivity contribution in [1.82, 2.24) is 0 Å². The molecule has 1 heterocycles. The quantitative estimate of drug-likeness (QED) is 0.802. The van der Waals surface area contributed by atoms with Gasteiger partial charge in [0.2, 0.25) is 0 Å². The van der Waals surface area contributed by atoms with Gasteiger partial charge in [0.25, 0.3) is 5.91 Å². The molecule has 0 bridgehead atoms. The number of amides is 1. The van der Waals surface area contributed by atoms with Crippen molar-refractivity contribution in [3.63, 3.8) is 0 Å². The first-order valence-corrected chi connectivity index (χ1v) is 7.74. The van der Waals surface area contributed by atoms with Crippen LogP contribution in [0.2, 0.25) is 0 Å². The van der Waals surface area contributed by atoms with Crippen molar-refractivity contribution >= 4 is 23.5 Å². The Morgan fingerprint density at radius 3 is 2.20 bits per heavy atom. The average Bonchev–Trinajstić information content (AvgIpc) is 3.05. The summed E-state index contributed by atoms with van der Waals surface area (Å²) in [6, 6.07) is 12.8. The highest BCUT2D eigenvalue weighted by molar-refractivity contribution is 6.11. The highest BCUT2D eigenvalue weighted by Crippen LogP contribution is 2.33. The van der Waals surface area contributed by atoms with E-state index in [1.165, 1.54) is 31.3 Å². The molecular weight excluding hydrogens is 322 g/mol. The second-order valence-corrected chi connectivity index (χ2v) is 5.62. The predicted octanol–water partition coefficient (Wildman–Crippen LogP) is 2.22. The van der Waals surface area contributed by atoms with Gasteiger partial charge in [-0.15, -0.1) is 0 Å². The van der Waals surface area contributed by atoms with Gasteiger partial charge in [-0.2, -0.15) is 0 Å². The lowest BCUT2D eigenvalue weighted by Gasteiger charge is -2.23. The molecule has 0 unspecified atom stereocenters. The Balaban J connectivity index is 1.95. The van der Waals surface area contributed by atoms with Gasteiger partial charge in [0, 0.05) is 17.7 Å². The number of fused-ring (bicyclic) bond motifs is 1. The molecule has 2 aromatic rings. The largest absolute Gasteiger partial charge is 0.467 e. The normalized spacial score (nSPS) is 15.4. The maximum absolute atomic E-state index is 13.0. The van der Waals surface area contributed by atoms with E-state index in [0.717, 1.165) is 5.56 Å². The van der Waals surface area contributed by atoms with Gasteiger partial charge >= 0.3 is 11.9 Å². The number of anilines is 1. The van der Waals surface area contributed by atoms with Gasteiger partial charge < -0.3 is 9.47 Å². The molecule has 128 valence electrons. The lowest BCUT2D eigenvalue weighted by molar-refractivity contribution is -0.141. The fraction of sp³-hybridized carbons (Fsp3) is 0.211. The topological polar surface area (TPSA) is 72.9 Å². The maximum atomic E-state index is 13.0. The van der Waals surface area contributed by atoms with Crippen molar-refractivity contribution in [2.45, 2.75) is 12.5 Å². The van der Waals surface area contributed by atoms with E-state index in [1.54, 1.807) is 18.2 Å². The van der Waals surface area contributed by atoms with Crippen LogP contribution in [0.4, 0.5) is 5.69 Å². The fourth-order valence-corrected chi connectivity index (χ4v) is 2.97. The van der Waals surface area contributed by atoms with Crippen LogP contribution in [0.1, 0.15) is 26.3 Å². The van der Waals surface area contributed by atoms with Gasteiger partial charge in [0.15, 0.2) is 0 Å². The van der Waals surface area contributed by atoms with Crippen LogP contribution in [0, 0.1) is 0 Å². The number of hydrogen-bond donors (Lipinski definition) is 0. The van der Waals surface area contributed by atoms with Gasteiger partial charge in [0.1, 0.15) is 6.04 Å². The van der Waals surface area contributed by atoms with Crippen molar-refractivity contribution in [2.24, 2.45) is 0 Å². The zero-order valence-corrected chi connectivity index (χ0v) is 13.9. The Labute approximate surface area is 145 Å². The molecule has 0 saturated heterocycles. The van der Waals surface area contributed by atoms with Crippen LogP contribution < -0.4 is 4.90 Å². The van der Waals surface area contributed by atoms with Crippen molar-refractivity contribution in [2.75, 3.05) is 19.1 Å². The molecule has 0 aliphatic carbocycles. The molecule has 0 spiro atoms. The summed E-state index contributed by atoms with van der Waals surface area (Å²) >= 11 is 0. The number of carbonyl (C=O) groups is 3. The van der Waals surface area contributed by atoms with Gasteiger partial charge in [-0.3, -0.25) is 9.69 Å². The molecule has 6 nitrogen and oxygen atoms in total. The second kappa shape index (κ2) is 6.76. The number of carbonyl (C=O) groups excluding carboxylic acids is 3. The number of ether oxygens (including phenoxy) is 2. The highest BCUT2D eigenvalue weighted by atomic mass is 16.5. The number of esters is 2. The number of benzene rings is 2. The van der Waals surface area contributed by atoms with Gasteiger partial charge in [-0.05, 0) is 35.9 Å². The maximum Gasteiger partial charge on any atom is 0.337 e. The molecule has 0 N–H and O–H groups in total. The Morgan fingerprint density at radius 1 is 0.920 bits per heavy atom. The van der Waals surface area contributed by atoms with Crippen molar-refractivity contribution in [1.29, 1.82) is 0 Å². The van der Waals surface area contributed by atoms with E-state index in [9.17, 15) is 14.4 Å². The summed E-state index contributed by atoms with van der Waals surface area (Å²) < 4.78 is 9.50. The van der Waals surface area contributed by atoms with Crippen molar-refractivity contribution < 1.29 is 23.9 Å². The van der Waals surface area contributed by atoms with Gasteiger partial charge in [0.05, 0.1) is 19.8 Å². The van der Waals surface area contributed by atoms with Gasteiger partial charge in [-0.25, -0.2) is 9.59 Å². The highest BCUT2D eigenvalue weighted by Gasteiger charge is 2.39. The first-order chi connectivity index (χ1) is 12.1. The van der Waals surface area contributed by atoms with Crippen LogP contribution in [-0.4, -0.2) is 38.1 Å². The monoisotopic (exact) mass is 339 g/mol. The third-order valence-electron chi connectivity index (χ3n) is 4.22. The number of para-hydroxylation sites is 1. The zero-order valence-electron chi connectivity index (χ0n) is 13.9. The molecule has 1 amide bonds. The van der Waals surface area contributed by atoms with Crippen LogP contribution in [0.25, 0.3) is 0 Å². The first-order valence-electron chi connectivity index (χ1n) is 7.74. The van der Waals surface area contributed by atoms with E-state index in [4.69, 9.17) is 4.74 Å². The third kappa shape index (κ3) is 2.98. The van der Waals surface area contributed by atoms with Crippen LogP contribution in [-0.2, 0) is 20.7 Å². The first kappa shape index (κ1) is 16.7. The van der Waals surface area contributed by atoms with Crippen LogP contribution >= 0.6 is 0 Å². The molecule has 25 heavy (non-hydrogen) atoms. The summed E-state index contributed by atoms with van der Waals surface area (Å²) in [6.45, 7) is 0. The number of nitrogens with zero attached hydrogens (tertiary/aromatic N) is 1.